The zero-order valence-electron chi connectivity index (χ0n) is 17.5. The molecule has 2 aromatic rings. The summed E-state index contributed by atoms with van der Waals surface area (Å²) in [6.45, 7) is 4.60. The van der Waals surface area contributed by atoms with Crippen LogP contribution in [0.2, 0.25) is 0 Å². The summed E-state index contributed by atoms with van der Waals surface area (Å²) in [5.74, 6) is 0.372. The lowest BCUT2D eigenvalue weighted by Gasteiger charge is -2.22. The molecular weight excluding hydrogens is 384 g/mol. The van der Waals surface area contributed by atoms with Crippen molar-refractivity contribution in [2.75, 3.05) is 31.6 Å². The van der Waals surface area contributed by atoms with Crippen molar-refractivity contribution in [2.24, 2.45) is 0 Å². The first-order valence-corrected chi connectivity index (χ1v) is 12.0. The van der Waals surface area contributed by atoms with Gasteiger partial charge in [0.1, 0.15) is 10.6 Å². The van der Waals surface area contributed by atoms with E-state index in [1.54, 1.807) is 12.1 Å². The Morgan fingerprint density at radius 3 is 2.24 bits per heavy atom. The van der Waals surface area contributed by atoms with Gasteiger partial charge in [-0.2, -0.15) is 0 Å². The molecule has 3 rings (SSSR count). The Morgan fingerprint density at radius 1 is 0.966 bits per heavy atom. The SMILES string of the molecule is CCc1ccc(OC)c(S(=O)(=O)NCCc2ccc(N3CCCCCC3)cc2)c1. The normalized spacial score (nSPS) is 15.2. The molecule has 1 aliphatic rings. The van der Waals surface area contributed by atoms with Gasteiger partial charge in [-0.3, -0.25) is 0 Å². The van der Waals surface area contributed by atoms with Crippen molar-refractivity contribution in [2.45, 2.75) is 50.3 Å². The third-order valence-electron chi connectivity index (χ3n) is 5.54. The molecule has 6 heteroatoms. The number of hydrogen-bond donors (Lipinski definition) is 1. The predicted octanol–water partition coefficient (Wildman–Crippen LogP) is 4.16. The van der Waals surface area contributed by atoms with E-state index in [0.29, 0.717) is 18.7 Å². The molecule has 0 radical (unpaired) electrons. The van der Waals surface area contributed by atoms with Crippen LogP contribution in [0.4, 0.5) is 5.69 Å². The van der Waals surface area contributed by atoms with Crippen molar-refractivity contribution in [3.63, 3.8) is 0 Å². The Labute approximate surface area is 175 Å². The van der Waals surface area contributed by atoms with Crippen molar-refractivity contribution >= 4 is 15.7 Å². The lowest BCUT2D eigenvalue weighted by molar-refractivity contribution is 0.402. The van der Waals surface area contributed by atoms with E-state index in [1.165, 1.54) is 38.5 Å². The van der Waals surface area contributed by atoms with Crippen molar-refractivity contribution < 1.29 is 13.2 Å². The minimum absolute atomic E-state index is 0.205. The molecule has 0 atom stereocenters. The Bertz CT molecular complexity index is 887. The smallest absolute Gasteiger partial charge is 0.244 e. The topological polar surface area (TPSA) is 58.6 Å². The highest BCUT2D eigenvalue weighted by Gasteiger charge is 2.19. The van der Waals surface area contributed by atoms with Gasteiger partial charge in [-0.15, -0.1) is 0 Å². The van der Waals surface area contributed by atoms with Gasteiger partial charge < -0.3 is 9.64 Å². The molecule has 1 fully saturated rings. The van der Waals surface area contributed by atoms with Crippen LogP contribution in [-0.4, -0.2) is 35.2 Å². The van der Waals surface area contributed by atoms with E-state index in [4.69, 9.17) is 4.74 Å². The second-order valence-corrected chi connectivity index (χ2v) is 9.29. The summed E-state index contributed by atoms with van der Waals surface area (Å²) in [4.78, 5) is 2.66. The number of benzene rings is 2. The average Bonchev–Trinajstić information content (AvgIpc) is 3.03. The van der Waals surface area contributed by atoms with Crippen LogP contribution in [0.25, 0.3) is 0 Å². The third-order valence-corrected chi connectivity index (χ3v) is 7.02. The quantitative estimate of drug-likeness (QED) is 0.702. The van der Waals surface area contributed by atoms with E-state index in [1.807, 2.05) is 13.0 Å². The van der Waals surface area contributed by atoms with Crippen LogP contribution in [-0.2, 0) is 22.9 Å². The van der Waals surface area contributed by atoms with Gasteiger partial charge in [0.05, 0.1) is 7.11 Å². The van der Waals surface area contributed by atoms with Crippen LogP contribution in [0.15, 0.2) is 47.4 Å². The average molecular weight is 417 g/mol. The molecule has 2 aromatic carbocycles. The molecule has 0 bridgehead atoms. The maximum Gasteiger partial charge on any atom is 0.244 e. The highest BCUT2D eigenvalue weighted by Crippen LogP contribution is 2.25. The van der Waals surface area contributed by atoms with Crippen LogP contribution in [0.5, 0.6) is 5.75 Å². The Kier molecular flexibility index (Phi) is 7.56. The van der Waals surface area contributed by atoms with Gasteiger partial charge in [0, 0.05) is 25.3 Å². The summed E-state index contributed by atoms with van der Waals surface area (Å²) >= 11 is 0. The van der Waals surface area contributed by atoms with Gasteiger partial charge in [-0.1, -0.05) is 38.0 Å². The molecule has 5 nitrogen and oxygen atoms in total. The number of hydrogen-bond acceptors (Lipinski definition) is 4. The number of sulfonamides is 1. The molecule has 0 unspecified atom stereocenters. The molecule has 1 N–H and O–H groups in total. The fourth-order valence-corrected chi connectivity index (χ4v) is 5.01. The molecule has 1 aliphatic heterocycles. The molecule has 0 aromatic heterocycles. The predicted molar refractivity (Wildman–Crippen MR) is 118 cm³/mol. The first-order chi connectivity index (χ1) is 14.0. The number of nitrogens with zero attached hydrogens (tertiary/aromatic N) is 1. The number of methoxy groups -OCH3 is 1. The lowest BCUT2D eigenvalue weighted by Crippen LogP contribution is -2.26. The number of ether oxygens (including phenoxy) is 1. The number of aryl methyl sites for hydroxylation is 1. The van der Waals surface area contributed by atoms with E-state index in [9.17, 15) is 8.42 Å². The van der Waals surface area contributed by atoms with E-state index < -0.39 is 10.0 Å². The highest BCUT2D eigenvalue weighted by molar-refractivity contribution is 7.89. The maximum atomic E-state index is 12.8. The second kappa shape index (κ2) is 10.1. The molecule has 158 valence electrons. The number of nitrogens with one attached hydrogen (secondary N) is 1. The molecule has 1 heterocycles. The van der Waals surface area contributed by atoms with Gasteiger partial charge in [0.25, 0.3) is 0 Å². The summed E-state index contributed by atoms with van der Waals surface area (Å²) in [5.41, 5.74) is 3.35. The molecule has 29 heavy (non-hydrogen) atoms. The molecule has 1 saturated heterocycles. The van der Waals surface area contributed by atoms with Crippen LogP contribution < -0.4 is 14.4 Å². The van der Waals surface area contributed by atoms with Crippen LogP contribution in [0, 0.1) is 0 Å². The summed E-state index contributed by atoms with van der Waals surface area (Å²) in [6, 6.07) is 13.8. The summed E-state index contributed by atoms with van der Waals surface area (Å²) < 4.78 is 33.5. The van der Waals surface area contributed by atoms with E-state index in [0.717, 1.165) is 30.6 Å². The largest absolute Gasteiger partial charge is 0.495 e. The minimum atomic E-state index is -3.62. The first-order valence-electron chi connectivity index (χ1n) is 10.5. The standard InChI is InChI=1S/C23H32N2O3S/c1-3-19-10-13-22(28-2)23(18-19)29(26,27)24-15-14-20-8-11-21(12-9-20)25-16-6-4-5-7-17-25/h8-13,18,24H,3-7,14-17H2,1-2H3. The molecular formula is C23H32N2O3S. The zero-order valence-corrected chi connectivity index (χ0v) is 18.3. The fraction of sp³-hybridized carbons (Fsp3) is 0.478. The lowest BCUT2D eigenvalue weighted by atomic mass is 10.1. The van der Waals surface area contributed by atoms with Crippen LogP contribution in [0.1, 0.15) is 43.7 Å². The van der Waals surface area contributed by atoms with Crippen molar-refractivity contribution in [1.82, 2.24) is 4.72 Å². The third kappa shape index (κ3) is 5.73. The molecule has 0 amide bonds. The summed E-state index contributed by atoms with van der Waals surface area (Å²) in [7, 11) is -2.13. The van der Waals surface area contributed by atoms with E-state index in [2.05, 4.69) is 33.9 Å². The Morgan fingerprint density at radius 2 is 1.62 bits per heavy atom. The number of anilines is 1. The van der Waals surface area contributed by atoms with Crippen molar-refractivity contribution in [3.8, 4) is 5.75 Å². The maximum absolute atomic E-state index is 12.8. The van der Waals surface area contributed by atoms with Gasteiger partial charge in [-0.25, -0.2) is 13.1 Å². The van der Waals surface area contributed by atoms with Crippen LogP contribution >= 0.6 is 0 Å². The van der Waals surface area contributed by atoms with E-state index in [-0.39, 0.29) is 4.90 Å². The highest BCUT2D eigenvalue weighted by atomic mass is 32.2. The number of rotatable bonds is 8. The zero-order chi connectivity index (χ0) is 20.7. The molecule has 0 saturated carbocycles. The summed E-state index contributed by atoms with van der Waals surface area (Å²) in [6.07, 6.45) is 6.57. The minimum Gasteiger partial charge on any atom is -0.495 e. The second-order valence-electron chi connectivity index (χ2n) is 7.55. The Balaban J connectivity index is 1.60. The van der Waals surface area contributed by atoms with Crippen molar-refractivity contribution in [3.05, 3.63) is 53.6 Å². The molecule has 0 aliphatic carbocycles. The van der Waals surface area contributed by atoms with Crippen LogP contribution in [0.3, 0.4) is 0 Å². The van der Waals surface area contributed by atoms with Gasteiger partial charge in [-0.05, 0) is 61.1 Å². The van der Waals surface area contributed by atoms with Crippen molar-refractivity contribution in [1.29, 1.82) is 0 Å². The monoisotopic (exact) mass is 416 g/mol. The first kappa shape index (κ1) is 21.7. The van der Waals surface area contributed by atoms with E-state index >= 15 is 0 Å². The summed E-state index contributed by atoms with van der Waals surface area (Å²) in [5, 5.41) is 0. The molecule has 0 spiro atoms. The van der Waals surface area contributed by atoms with Gasteiger partial charge in [0.15, 0.2) is 0 Å². The fourth-order valence-electron chi connectivity index (χ4n) is 3.76. The Hall–Kier alpha value is -2.05. The van der Waals surface area contributed by atoms with Gasteiger partial charge >= 0.3 is 0 Å². The van der Waals surface area contributed by atoms with Gasteiger partial charge in [0.2, 0.25) is 10.0 Å².